The Balaban J connectivity index is 2.16. The highest BCUT2D eigenvalue weighted by atomic mass is 32.2. The first-order valence-corrected chi connectivity index (χ1v) is 6.06. The summed E-state index contributed by atoms with van der Waals surface area (Å²) >= 11 is 1.75. The molecule has 0 radical (unpaired) electrons. The SMILES string of the molecule is CCC(=O)c1ccccc1SC1COC1. The Morgan fingerprint density at radius 2 is 2.20 bits per heavy atom. The molecule has 2 rings (SSSR count). The number of hydrogen-bond acceptors (Lipinski definition) is 3. The Kier molecular flexibility index (Phi) is 3.44. The topological polar surface area (TPSA) is 26.3 Å². The molecule has 0 amide bonds. The van der Waals surface area contributed by atoms with Gasteiger partial charge in [0.05, 0.1) is 18.5 Å². The van der Waals surface area contributed by atoms with Gasteiger partial charge in [-0.25, -0.2) is 0 Å². The largest absolute Gasteiger partial charge is 0.379 e. The fourth-order valence-corrected chi connectivity index (χ4v) is 2.61. The third-order valence-corrected chi connectivity index (χ3v) is 3.63. The van der Waals surface area contributed by atoms with Gasteiger partial charge in [-0.15, -0.1) is 11.8 Å². The average molecular weight is 222 g/mol. The number of carbonyl (C=O) groups is 1. The van der Waals surface area contributed by atoms with Crippen LogP contribution in [0.3, 0.4) is 0 Å². The van der Waals surface area contributed by atoms with Crippen LogP contribution in [0, 0.1) is 0 Å². The number of ketones is 1. The van der Waals surface area contributed by atoms with Gasteiger partial charge in [-0.3, -0.25) is 4.79 Å². The monoisotopic (exact) mass is 222 g/mol. The van der Waals surface area contributed by atoms with E-state index in [0.29, 0.717) is 11.7 Å². The molecular weight excluding hydrogens is 208 g/mol. The molecular formula is C12H14O2S. The van der Waals surface area contributed by atoms with Crippen molar-refractivity contribution in [1.29, 1.82) is 0 Å². The van der Waals surface area contributed by atoms with Crippen molar-refractivity contribution in [2.75, 3.05) is 13.2 Å². The molecule has 1 aromatic rings. The lowest BCUT2D eigenvalue weighted by Gasteiger charge is -2.25. The summed E-state index contributed by atoms with van der Waals surface area (Å²) < 4.78 is 5.13. The molecule has 0 saturated carbocycles. The number of rotatable bonds is 4. The molecule has 15 heavy (non-hydrogen) atoms. The van der Waals surface area contributed by atoms with Gasteiger partial charge in [0.25, 0.3) is 0 Å². The van der Waals surface area contributed by atoms with Crippen LogP contribution in [0.1, 0.15) is 23.7 Å². The fourth-order valence-electron chi connectivity index (χ4n) is 1.45. The Bertz CT molecular complexity index is 358. The summed E-state index contributed by atoms with van der Waals surface area (Å²) in [6.45, 7) is 3.51. The summed E-state index contributed by atoms with van der Waals surface area (Å²) in [5, 5.41) is 0.524. The van der Waals surface area contributed by atoms with Crippen molar-refractivity contribution >= 4 is 17.5 Å². The molecule has 1 heterocycles. The second kappa shape index (κ2) is 4.81. The van der Waals surface area contributed by atoms with E-state index in [0.717, 1.165) is 23.7 Å². The second-order valence-corrected chi connectivity index (χ2v) is 4.89. The van der Waals surface area contributed by atoms with Gasteiger partial charge in [0, 0.05) is 16.9 Å². The van der Waals surface area contributed by atoms with Crippen molar-refractivity contribution in [3.05, 3.63) is 29.8 Å². The zero-order chi connectivity index (χ0) is 10.7. The summed E-state index contributed by atoms with van der Waals surface area (Å²) in [4.78, 5) is 12.8. The minimum absolute atomic E-state index is 0.221. The van der Waals surface area contributed by atoms with Gasteiger partial charge < -0.3 is 4.74 Å². The highest BCUT2D eigenvalue weighted by molar-refractivity contribution is 8.00. The molecule has 0 aromatic heterocycles. The first kappa shape index (κ1) is 10.7. The van der Waals surface area contributed by atoms with Crippen molar-refractivity contribution < 1.29 is 9.53 Å². The van der Waals surface area contributed by atoms with Crippen LogP contribution in [0.2, 0.25) is 0 Å². The van der Waals surface area contributed by atoms with E-state index in [1.807, 2.05) is 31.2 Å². The van der Waals surface area contributed by atoms with Gasteiger partial charge in [-0.05, 0) is 6.07 Å². The predicted molar refractivity (Wildman–Crippen MR) is 61.5 cm³/mol. The number of Topliss-reactive ketones (excluding diaryl/α,β-unsaturated/α-hetero) is 1. The van der Waals surface area contributed by atoms with Crippen LogP contribution in [0.5, 0.6) is 0 Å². The lowest BCUT2D eigenvalue weighted by atomic mass is 10.1. The number of thioether (sulfide) groups is 1. The van der Waals surface area contributed by atoms with E-state index in [2.05, 4.69) is 0 Å². The van der Waals surface area contributed by atoms with E-state index in [4.69, 9.17) is 4.74 Å². The molecule has 1 aliphatic heterocycles. The van der Waals surface area contributed by atoms with Crippen molar-refractivity contribution in [3.63, 3.8) is 0 Å². The van der Waals surface area contributed by atoms with E-state index in [1.54, 1.807) is 11.8 Å². The number of carbonyl (C=O) groups excluding carboxylic acids is 1. The first-order valence-electron chi connectivity index (χ1n) is 5.18. The molecule has 2 nitrogen and oxygen atoms in total. The molecule has 1 aliphatic rings. The molecule has 80 valence electrons. The molecule has 0 bridgehead atoms. The van der Waals surface area contributed by atoms with E-state index < -0.39 is 0 Å². The molecule has 0 aliphatic carbocycles. The minimum Gasteiger partial charge on any atom is -0.379 e. The molecule has 0 spiro atoms. The van der Waals surface area contributed by atoms with Gasteiger partial charge >= 0.3 is 0 Å². The Morgan fingerprint density at radius 1 is 1.47 bits per heavy atom. The average Bonchev–Trinajstić information content (AvgIpc) is 2.23. The Hall–Kier alpha value is -0.800. The maximum atomic E-state index is 11.7. The van der Waals surface area contributed by atoms with Gasteiger partial charge in [0.15, 0.2) is 5.78 Å². The number of ether oxygens (including phenoxy) is 1. The third-order valence-electron chi connectivity index (χ3n) is 2.41. The summed E-state index contributed by atoms with van der Waals surface area (Å²) in [5.41, 5.74) is 0.858. The van der Waals surface area contributed by atoms with Gasteiger partial charge in [-0.2, -0.15) is 0 Å². The molecule has 3 heteroatoms. The molecule has 1 fully saturated rings. The Labute approximate surface area is 94.0 Å². The number of benzene rings is 1. The van der Waals surface area contributed by atoms with E-state index >= 15 is 0 Å². The molecule has 0 N–H and O–H groups in total. The van der Waals surface area contributed by atoms with Crippen LogP contribution < -0.4 is 0 Å². The lowest BCUT2D eigenvalue weighted by Crippen LogP contribution is -2.30. The fraction of sp³-hybridized carbons (Fsp3) is 0.417. The van der Waals surface area contributed by atoms with Crippen LogP contribution in [0.4, 0.5) is 0 Å². The van der Waals surface area contributed by atoms with Crippen LogP contribution >= 0.6 is 11.8 Å². The van der Waals surface area contributed by atoms with E-state index in [9.17, 15) is 4.79 Å². The zero-order valence-electron chi connectivity index (χ0n) is 8.73. The number of hydrogen-bond donors (Lipinski definition) is 0. The van der Waals surface area contributed by atoms with E-state index in [1.165, 1.54) is 0 Å². The third kappa shape index (κ3) is 2.41. The van der Waals surface area contributed by atoms with Crippen LogP contribution in [0.25, 0.3) is 0 Å². The van der Waals surface area contributed by atoms with E-state index in [-0.39, 0.29) is 5.78 Å². The first-order chi connectivity index (χ1) is 7.31. The summed E-state index contributed by atoms with van der Waals surface area (Å²) in [7, 11) is 0. The van der Waals surface area contributed by atoms with Crippen molar-refractivity contribution in [1.82, 2.24) is 0 Å². The maximum absolute atomic E-state index is 11.7. The summed E-state index contributed by atoms with van der Waals surface area (Å²) in [6.07, 6.45) is 0.568. The predicted octanol–water partition coefficient (Wildman–Crippen LogP) is 2.77. The van der Waals surface area contributed by atoms with Gasteiger partial charge in [0.1, 0.15) is 0 Å². The van der Waals surface area contributed by atoms with Gasteiger partial charge in [0.2, 0.25) is 0 Å². The molecule has 0 atom stereocenters. The highest BCUT2D eigenvalue weighted by Crippen LogP contribution is 2.31. The molecule has 0 unspecified atom stereocenters. The normalized spacial score (nSPS) is 16.1. The molecule has 1 aromatic carbocycles. The lowest BCUT2D eigenvalue weighted by molar-refractivity contribution is 0.0455. The van der Waals surface area contributed by atoms with Crippen molar-refractivity contribution in [2.24, 2.45) is 0 Å². The maximum Gasteiger partial charge on any atom is 0.163 e. The van der Waals surface area contributed by atoms with Crippen molar-refractivity contribution in [2.45, 2.75) is 23.5 Å². The smallest absolute Gasteiger partial charge is 0.163 e. The van der Waals surface area contributed by atoms with Gasteiger partial charge in [-0.1, -0.05) is 25.1 Å². The standard InChI is InChI=1S/C12H14O2S/c1-2-11(13)10-5-3-4-6-12(10)15-9-7-14-8-9/h3-6,9H,2,7-8H2,1H3. The van der Waals surface area contributed by atoms with Crippen LogP contribution in [0.15, 0.2) is 29.2 Å². The highest BCUT2D eigenvalue weighted by Gasteiger charge is 2.21. The second-order valence-electron chi connectivity index (χ2n) is 3.55. The molecule has 1 saturated heterocycles. The quantitative estimate of drug-likeness (QED) is 0.733. The van der Waals surface area contributed by atoms with Crippen molar-refractivity contribution in [3.8, 4) is 0 Å². The summed E-state index contributed by atoms with van der Waals surface area (Å²) in [5.74, 6) is 0.221. The van der Waals surface area contributed by atoms with Crippen LogP contribution in [-0.2, 0) is 4.74 Å². The van der Waals surface area contributed by atoms with Crippen LogP contribution in [-0.4, -0.2) is 24.2 Å². The minimum atomic E-state index is 0.221. The summed E-state index contributed by atoms with van der Waals surface area (Å²) in [6, 6.07) is 7.83. The Morgan fingerprint density at radius 3 is 2.80 bits per heavy atom. The zero-order valence-corrected chi connectivity index (χ0v) is 9.55.